The summed E-state index contributed by atoms with van der Waals surface area (Å²) in [6.45, 7) is 21.8. The number of Topliss-reactive ketones (excluding diaryl/α,β-unsaturated/α-hetero) is 2. The van der Waals surface area contributed by atoms with E-state index in [1.165, 1.54) is 18.6 Å². The average molecular weight is 675 g/mol. The molecule has 2 N–H and O–H groups in total. The van der Waals surface area contributed by atoms with Crippen LogP contribution in [0.5, 0.6) is 17.2 Å². The minimum Gasteiger partial charge on any atom is -0.507 e. The Kier molecular flexibility index (Phi) is 7.33. The lowest BCUT2D eigenvalue weighted by Crippen LogP contribution is -2.80. The largest absolute Gasteiger partial charge is 0.507 e. The van der Waals surface area contributed by atoms with Crippen LogP contribution in [0.25, 0.3) is 0 Å². The Bertz CT molecular complexity index is 1760. The van der Waals surface area contributed by atoms with Gasteiger partial charge in [-0.05, 0) is 67.7 Å². The van der Waals surface area contributed by atoms with Gasteiger partial charge in [-0.3, -0.25) is 9.59 Å². The lowest BCUT2D eigenvalue weighted by molar-refractivity contribution is -0.227. The number of aromatic hydroxyl groups is 1. The first-order valence-corrected chi connectivity index (χ1v) is 17.7. The van der Waals surface area contributed by atoms with Crippen molar-refractivity contribution in [1.29, 1.82) is 0 Å². The summed E-state index contributed by atoms with van der Waals surface area (Å²) in [5.41, 5.74) is -3.03. The third-order valence-corrected chi connectivity index (χ3v) is 12.9. The second-order valence-electron chi connectivity index (χ2n) is 16.8. The van der Waals surface area contributed by atoms with E-state index in [9.17, 15) is 19.8 Å². The van der Waals surface area contributed by atoms with Crippen LogP contribution in [0.4, 0.5) is 0 Å². The van der Waals surface area contributed by atoms with Crippen LogP contribution in [0, 0.1) is 23.7 Å². The van der Waals surface area contributed by atoms with Crippen LogP contribution in [0.2, 0.25) is 0 Å². The molecular weight excluding hydrogens is 624 g/mol. The summed E-state index contributed by atoms with van der Waals surface area (Å²) < 4.78 is 27.5. The van der Waals surface area contributed by atoms with E-state index in [1.807, 2.05) is 34.6 Å². The SMILES string of the molecule is C=CC(C)(C)c1c2c(c(O)c3c1OC(C)(C)[C@H]1CCC(C)=C[C@@H]31)C(=O)[C@H]1[C@H](OCC)[C@H]3C[C@@H]4C(C)(C)O[C@](C/C=C(\C)C(=O)O)(C3=O)[C@@]41O2. The molecule has 264 valence electrons. The summed E-state index contributed by atoms with van der Waals surface area (Å²) in [7, 11) is 0. The number of carbonyl (C=O) groups is 3. The molecule has 3 heterocycles. The van der Waals surface area contributed by atoms with E-state index < -0.39 is 57.6 Å². The van der Waals surface area contributed by atoms with E-state index in [0.29, 0.717) is 23.3 Å². The highest BCUT2D eigenvalue weighted by Crippen LogP contribution is 2.72. The predicted octanol–water partition coefficient (Wildman–Crippen LogP) is 6.99. The third-order valence-electron chi connectivity index (χ3n) is 12.9. The van der Waals surface area contributed by atoms with Crippen molar-refractivity contribution in [2.75, 3.05) is 6.61 Å². The quantitative estimate of drug-likeness (QED) is 0.232. The van der Waals surface area contributed by atoms with Gasteiger partial charge in [0.1, 0.15) is 28.4 Å². The predicted molar refractivity (Wildman–Crippen MR) is 182 cm³/mol. The van der Waals surface area contributed by atoms with Crippen molar-refractivity contribution >= 4 is 17.5 Å². The molecular formula is C40H50O9. The van der Waals surface area contributed by atoms with Gasteiger partial charge in [0.2, 0.25) is 0 Å². The zero-order valence-electron chi connectivity index (χ0n) is 30.2. The molecule has 4 aliphatic carbocycles. The number of benzene rings is 1. The van der Waals surface area contributed by atoms with Gasteiger partial charge in [-0.25, -0.2) is 4.79 Å². The van der Waals surface area contributed by atoms with Crippen molar-refractivity contribution in [3.05, 3.63) is 52.6 Å². The molecule has 0 amide bonds. The maximum atomic E-state index is 15.5. The molecule has 1 aromatic carbocycles. The molecule has 8 rings (SSSR count). The topological polar surface area (TPSA) is 129 Å². The van der Waals surface area contributed by atoms with Crippen LogP contribution in [0.15, 0.2) is 36.0 Å². The van der Waals surface area contributed by atoms with Gasteiger partial charge >= 0.3 is 5.97 Å². The molecule has 9 heteroatoms. The van der Waals surface area contributed by atoms with Crippen LogP contribution in [0.3, 0.4) is 0 Å². The number of carboxylic acid groups (broad SMARTS) is 1. The monoisotopic (exact) mass is 674 g/mol. The summed E-state index contributed by atoms with van der Waals surface area (Å²) in [5, 5.41) is 22.2. The number of ether oxygens (including phenoxy) is 4. The number of phenolic OH excluding ortho intramolecular Hbond substituents is 1. The van der Waals surface area contributed by atoms with Gasteiger partial charge in [0.25, 0.3) is 0 Å². The van der Waals surface area contributed by atoms with E-state index in [2.05, 4.69) is 33.4 Å². The Labute approximate surface area is 288 Å². The van der Waals surface area contributed by atoms with Gasteiger partial charge in [0.05, 0.1) is 17.6 Å². The van der Waals surface area contributed by atoms with E-state index in [1.54, 1.807) is 6.08 Å². The number of rotatable bonds is 7. The first-order chi connectivity index (χ1) is 22.8. The van der Waals surface area contributed by atoms with Gasteiger partial charge in [0, 0.05) is 58.8 Å². The zero-order valence-corrected chi connectivity index (χ0v) is 30.2. The maximum absolute atomic E-state index is 15.5. The van der Waals surface area contributed by atoms with Crippen molar-refractivity contribution in [2.45, 2.75) is 128 Å². The standard InChI is InChI=1S/C40H50O9/c1-11-36(5,6)28-32-25(21-17-19(3)13-14-23(21)37(7,8)47-32)29(41)26-30(42)27-31(46-12-2)22-18-24-38(9,10)49-39(34(22)43,16-15-20(4)35(44)45)40(24,27)48-33(26)28/h11,15,17,21-24,27,31,41H,1,12-14,16,18H2,2-10H3,(H,44,45)/b20-15+/t21-,22-,23+,24-,27+,31-,39-,40-/m1/s1. The van der Waals surface area contributed by atoms with Crippen molar-refractivity contribution in [3.63, 3.8) is 0 Å². The minimum absolute atomic E-state index is 0.0616. The van der Waals surface area contributed by atoms with E-state index in [0.717, 1.165) is 12.8 Å². The molecule has 4 bridgehead atoms. The summed E-state index contributed by atoms with van der Waals surface area (Å²) in [4.78, 5) is 42.3. The number of carbonyl (C=O) groups excluding carboxylic acids is 2. The van der Waals surface area contributed by atoms with Crippen molar-refractivity contribution in [3.8, 4) is 17.2 Å². The number of hydrogen-bond donors (Lipinski definition) is 2. The Hall–Kier alpha value is -3.43. The number of hydrogen-bond acceptors (Lipinski definition) is 8. The Morgan fingerprint density at radius 3 is 2.47 bits per heavy atom. The number of phenols is 1. The summed E-state index contributed by atoms with van der Waals surface area (Å²) in [6.07, 6.45) is 6.78. The molecule has 1 aromatic rings. The average Bonchev–Trinajstić information content (AvgIpc) is 3.15. The fraction of sp³-hybridized carbons (Fsp3) is 0.625. The number of allylic oxidation sites excluding steroid dienone is 3. The zero-order chi connectivity index (χ0) is 35.8. The fourth-order valence-corrected chi connectivity index (χ4v) is 10.6. The summed E-state index contributed by atoms with van der Waals surface area (Å²) >= 11 is 0. The molecule has 3 saturated carbocycles. The van der Waals surface area contributed by atoms with Gasteiger partial charge in [-0.1, -0.05) is 37.6 Å². The number of carboxylic acids is 1. The van der Waals surface area contributed by atoms with Crippen LogP contribution in [-0.2, 0) is 24.5 Å². The van der Waals surface area contributed by atoms with Crippen molar-refractivity contribution < 1.29 is 43.5 Å². The lowest BCUT2D eigenvalue weighted by atomic mass is 9.45. The lowest BCUT2D eigenvalue weighted by Gasteiger charge is -2.63. The Morgan fingerprint density at radius 1 is 1.14 bits per heavy atom. The van der Waals surface area contributed by atoms with Gasteiger partial charge in [0.15, 0.2) is 22.8 Å². The normalized spacial score (nSPS) is 36.4. The molecule has 49 heavy (non-hydrogen) atoms. The van der Waals surface area contributed by atoms with E-state index in [4.69, 9.17) is 18.9 Å². The van der Waals surface area contributed by atoms with E-state index in [-0.39, 0.29) is 59.1 Å². The van der Waals surface area contributed by atoms with Gasteiger partial charge in [-0.15, -0.1) is 6.58 Å². The highest BCUT2D eigenvalue weighted by molar-refractivity contribution is 6.10. The highest BCUT2D eigenvalue weighted by Gasteiger charge is 2.86. The molecule has 8 atom stereocenters. The summed E-state index contributed by atoms with van der Waals surface area (Å²) in [5.74, 6) is -3.44. The van der Waals surface area contributed by atoms with Crippen LogP contribution >= 0.6 is 0 Å². The minimum atomic E-state index is -1.68. The molecule has 0 unspecified atom stereocenters. The fourth-order valence-electron chi connectivity index (χ4n) is 10.6. The molecule has 1 saturated heterocycles. The number of aliphatic carboxylic acids is 1. The molecule has 7 aliphatic rings. The van der Waals surface area contributed by atoms with Crippen LogP contribution in [-0.4, -0.2) is 62.9 Å². The maximum Gasteiger partial charge on any atom is 0.330 e. The second-order valence-corrected chi connectivity index (χ2v) is 16.8. The van der Waals surface area contributed by atoms with Gasteiger partial charge < -0.3 is 29.2 Å². The Morgan fingerprint density at radius 2 is 1.84 bits per heavy atom. The molecule has 9 nitrogen and oxygen atoms in total. The smallest absolute Gasteiger partial charge is 0.330 e. The van der Waals surface area contributed by atoms with Crippen LogP contribution in [0.1, 0.15) is 115 Å². The molecule has 0 radical (unpaired) electrons. The van der Waals surface area contributed by atoms with Gasteiger partial charge in [-0.2, -0.15) is 0 Å². The van der Waals surface area contributed by atoms with E-state index >= 15 is 4.79 Å². The molecule has 1 spiro atoms. The second kappa shape index (κ2) is 10.5. The number of fused-ring (bicyclic) bond motifs is 4. The highest BCUT2D eigenvalue weighted by atomic mass is 16.6. The molecule has 3 aliphatic heterocycles. The Balaban J connectivity index is 1.58. The molecule has 0 aromatic heterocycles. The van der Waals surface area contributed by atoms with Crippen molar-refractivity contribution in [2.24, 2.45) is 23.7 Å². The molecule has 4 fully saturated rings. The first kappa shape index (κ1) is 34.0. The van der Waals surface area contributed by atoms with Crippen LogP contribution < -0.4 is 9.47 Å². The first-order valence-electron chi connectivity index (χ1n) is 17.7. The number of ketones is 2. The van der Waals surface area contributed by atoms with Crippen molar-refractivity contribution in [1.82, 2.24) is 0 Å². The summed E-state index contributed by atoms with van der Waals surface area (Å²) in [6, 6.07) is 0. The third kappa shape index (κ3) is 4.21.